The predicted molar refractivity (Wildman–Crippen MR) is 160 cm³/mol. The van der Waals surface area contributed by atoms with Gasteiger partial charge in [-0.1, -0.05) is 139 Å². The minimum Gasteiger partial charge on any atom is -0.481 e. The van der Waals surface area contributed by atoms with E-state index in [9.17, 15) is 19.5 Å². The van der Waals surface area contributed by atoms with E-state index in [2.05, 4.69) is 12.2 Å². The highest BCUT2D eigenvalue weighted by Gasteiger charge is 2.20. The number of aliphatic carboxylic acids is 1. The number of carbonyl (C=O) groups excluding carboxylic acids is 2. The van der Waals surface area contributed by atoms with Gasteiger partial charge in [0, 0.05) is 24.1 Å². The molecule has 0 radical (unpaired) electrons. The van der Waals surface area contributed by atoms with Crippen molar-refractivity contribution in [2.45, 2.75) is 103 Å². The molecule has 0 heterocycles. The maximum atomic E-state index is 12.5. The Hall–Kier alpha value is -2.99. The van der Waals surface area contributed by atoms with Crippen LogP contribution in [0, 0.1) is 5.92 Å². The average molecular weight is 552 g/mol. The molecule has 1 unspecified atom stereocenters. The number of amides is 1. The minimum absolute atomic E-state index is 0.00424. The van der Waals surface area contributed by atoms with Crippen LogP contribution in [0.2, 0.25) is 0 Å². The fourth-order valence-corrected chi connectivity index (χ4v) is 4.80. The van der Waals surface area contributed by atoms with E-state index in [1.54, 1.807) is 24.3 Å². The highest BCUT2D eigenvalue weighted by molar-refractivity contribution is 6.08. The Morgan fingerprint density at radius 2 is 1.30 bits per heavy atom. The zero-order chi connectivity index (χ0) is 28.8. The van der Waals surface area contributed by atoms with Crippen LogP contribution >= 0.6 is 0 Å². The summed E-state index contributed by atoms with van der Waals surface area (Å²) in [6.07, 6.45) is 15.4. The lowest BCUT2D eigenvalue weighted by Gasteiger charge is -2.13. The number of ether oxygens (including phenoxy) is 1. The lowest BCUT2D eigenvalue weighted by atomic mass is 9.96. The van der Waals surface area contributed by atoms with E-state index in [4.69, 9.17) is 4.74 Å². The number of ketones is 1. The summed E-state index contributed by atoms with van der Waals surface area (Å²) in [6.45, 7) is 3.26. The van der Waals surface area contributed by atoms with Crippen molar-refractivity contribution in [3.63, 3.8) is 0 Å². The van der Waals surface area contributed by atoms with Gasteiger partial charge in [0.15, 0.2) is 5.78 Å². The number of carboxylic acid groups (broad SMARTS) is 1. The second-order valence-corrected chi connectivity index (χ2v) is 10.7. The van der Waals surface area contributed by atoms with Crippen LogP contribution in [0.15, 0.2) is 54.6 Å². The van der Waals surface area contributed by atoms with Gasteiger partial charge in [0.1, 0.15) is 0 Å². The van der Waals surface area contributed by atoms with Crippen LogP contribution in [-0.4, -0.2) is 35.9 Å². The van der Waals surface area contributed by atoms with E-state index < -0.39 is 11.9 Å². The van der Waals surface area contributed by atoms with Crippen molar-refractivity contribution < 1.29 is 24.2 Å². The summed E-state index contributed by atoms with van der Waals surface area (Å²) < 4.78 is 5.64. The van der Waals surface area contributed by atoms with E-state index >= 15 is 0 Å². The summed E-state index contributed by atoms with van der Waals surface area (Å²) in [7, 11) is 0. The lowest BCUT2D eigenvalue weighted by Crippen LogP contribution is -2.30. The summed E-state index contributed by atoms with van der Waals surface area (Å²) in [6, 6.07) is 16.5. The Bertz CT molecular complexity index is 974. The molecule has 40 heavy (non-hydrogen) atoms. The molecule has 0 saturated heterocycles. The van der Waals surface area contributed by atoms with Gasteiger partial charge in [0.25, 0.3) is 0 Å². The monoisotopic (exact) mass is 551 g/mol. The molecule has 2 aromatic carbocycles. The van der Waals surface area contributed by atoms with Gasteiger partial charge in [-0.05, 0) is 12.0 Å². The molecule has 1 atom stereocenters. The fraction of sp³-hybridized carbons (Fsp3) is 0.559. The highest BCUT2D eigenvalue weighted by atomic mass is 16.5. The van der Waals surface area contributed by atoms with E-state index in [1.807, 2.05) is 30.3 Å². The van der Waals surface area contributed by atoms with Crippen molar-refractivity contribution in [1.82, 2.24) is 5.32 Å². The van der Waals surface area contributed by atoms with Crippen LogP contribution in [0.1, 0.15) is 118 Å². The Balaban J connectivity index is 1.52. The molecule has 2 N–H and O–H groups in total. The normalized spacial score (nSPS) is 11.7. The smallest absolute Gasteiger partial charge is 0.307 e. The standard InChI is InChI=1S/C34H49NO5/c1-2-3-4-5-6-7-8-9-10-11-12-14-19-31(34(38)39)26-32(36)35-24-25-40-27-28-20-22-30(23-21-28)33(37)29-17-15-13-16-18-29/h13,15-18,20-23,31H,2-12,14,19,24-27H2,1H3,(H,35,36)(H,38,39). The number of benzene rings is 2. The van der Waals surface area contributed by atoms with Crippen molar-refractivity contribution in [2.24, 2.45) is 5.92 Å². The third-order valence-electron chi connectivity index (χ3n) is 7.28. The van der Waals surface area contributed by atoms with Gasteiger partial charge < -0.3 is 15.2 Å². The molecule has 1 amide bonds. The summed E-state index contributed by atoms with van der Waals surface area (Å²) in [4.78, 5) is 36.4. The Morgan fingerprint density at radius 3 is 1.88 bits per heavy atom. The highest BCUT2D eigenvalue weighted by Crippen LogP contribution is 2.17. The topological polar surface area (TPSA) is 92.7 Å². The molecule has 6 heteroatoms. The number of carbonyl (C=O) groups is 3. The van der Waals surface area contributed by atoms with Crippen molar-refractivity contribution in [2.75, 3.05) is 13.2 Å². The van der Waals surface area contributed by atoms with Crippen molar-refractivity contribution in [3.8, 4) is 0 Å². The van der Waals surface area contributed by atoms with Crippen molar-refractivity contribution >= 4 is 17.7 Å². The number of hydrogen-bond acceptors (Lipinski definition) is 4. The molecule has 0 bridgehead atoms. The number of unbranched alkanes of at least 4 members (excludes halogenated alkanes) is 11. The van der Waals surface area contributed by atoms with Gasteiger partial charge in [0.05, 0.1) is 19.1 Å². The van der Waals surface area contributed by atoms with Gasteiger partial charge >= 0.3 is 5.97 Å². The van der Waals surface area contributed by atoms with Crippen LogP contribution in [0.3, 0.4) is 0 Å². The van der Waals surface area contributed by atoms with Gasteiger partial charge in [-0.2, -0.15) is 0 Å². The molecule has 0 spiro atoms. The van der Waals surface area contributed by atoms with Gasteiger partial charge in [-0.15, -0.1) is 0 Å². The van der Waals surface area contributed by atoms with E-state index in [1.165, 1.54) is 57.8 Å². The zero-order valence-electron chi connectivity index (χ0n) is 24.4. The Kier molecular flexibility index (Phi) is 17.3. The maximum Gasteiger partial charge on any atom is 0.307 e. The largest absolute Gasteiger partial charge is 0.481 e. The summed E-state index contributed by atoms with van der Waals surface area (Å²) in [5, 5.41) is 12.3. The predicted octanol–water partition coefficient (Wildman–Crippen LogP) is 7.73. The number of hydrogen-bond donors (Lipinski definition) is 2. The first-order valence-electron chi connectivity index (χ1n) is 15.3. The van der Waals surface area contributed by atoms with Crippen molar-refractivity contribution in [1.29, 1.82) is 0 Å². The number of rotatable bonds is 23. The average Bonchev–Trinajstić information content (AvgIpc) is 2.97. The molecule has 0 aliphatic heterocycles. The molecule has 220 valence electrons. The number of carboxylic acids is 1. The second-order valence-electron chi connectivity index (χ2n) is 10.7. The van der Waals surface area contributed by atoms with Crippen LogP contribution in [0.4, 0.5) is 0 Å². The Labute approximate surface area is 240 Å². The summed E-state index contributed by atoms with van der Waals surface area (Å²) >= 11 is 0. The van der Waals surface area contributed by atoms with Gasteiger partial charge in [-0.3, -0.25) is 14.4 Å². The maximum absolute atomic E-state index is 12.5. The molecule has 6 nitrogen and oxygen atoms in total. The first-order valence-corrected chi connectivity index (χ1v) is 15.3. The van der Waals surface area contributed by atoms with Crippen LogP contribution in [0.5, 0.6) is 0 Å². The lowest BCUT2D eigenvalue weighted by molar-refractivity contribution is -0.144. The second kappa shape index (κ2) is 20.8. The third-order valence-corrected chi connectivity index (χ3v) is 7.28. The minimum atomic E-state index is -0.899. The van der Waals surface area contributed by atoms with E-state index in [0.717, 1.165) is 24.8 Å². The molecule has 0 aliphatic rings. The fourth-order valence-electron chi connectivity index (χ4n) is 4.80. The molecule has 0 aromatic heterocycles. The van der Waals surface area contributed by atoms with Gasteiger partial charge in [-0.25, -0.2) is 0 Å². The van der Waals surface area contributed by atoms with Gasteiger partial charge in [0.2, 0.25) is 5.91 Å². The quantitative estimate of drug-likeness (QED) is 0.109. The first-order chi connectivity index (χ1) is 19.5. The zero-order valence-corrected chi connectivity index (χ0v) is 24.4. The molecule has 2 aromatic rings. The first kappa shape index (κ1) is 33.2. The SMILES string of the molecule is CCCCCCCCCCCCCCC(CC(=O)NCCOCc1ccc(C(=O)c2ccccc2)cc1)C(=O)O. The Morgan fingerprint density at radius 1 is 0.750 bits per heavy atom. The van der Waals surface area contributed by atoms with Crippen molar-refractivity contribution in [3.05, 3.63) is 71.3 Å². The van der Waals surface area contributed by atoms with E-state index in [0.29, 0.717) is 37.3 Å². The van der Waals surface area contributed by atoms with Crippen LogP contribution in [0.25, 0.3) is 0 Å². The van der Waals surface area contributed by atoms with E-state index in [-0.39, 0.29) is 18.1 Å². The number of nitrogens with one attached hydrogen (secondary N) is 1. The molecular formula is C34H49NO5. The third kappa shape index (κ3) is 14.4. The van der Waals surface area contributed by atoms with Crippen LogP contribution < -0.4 is 5.32 Å². The molecule has 0 fully saturated rings. The molecule has 0 aliphatic carbocycles. The molecular weight excluding hydrogens is 502 g/mol. The summed E-state index contributed by atoms with van der Waals surface area (Å²) in [5.41, 5.74) is 2.21. The molecule has 2 rings (SSSR count). The van der Waals surface area contributed by atoms with Crippen LogP contribution in [-0.2, 0) is 20.9 Å². The molecule has 0 saturated carbocycles. The summed E-state index contributed by atoms with van der Waals surface area (Å²) in [5.74, 6) is -1.81.